The van der Waals surface area contributed by atoms with Gasteiger partial charge in [0.15, 0.2) is 0 Å². The molecule has 0 spiro atoms. The molecular weight excluding hydrogens is 242 g/mol. The van der Waals surface area contributed by atoms with E-state index in [9.17, 15) is 0 Å². The molecule has 3 nitrogen and oxygen atoms in total. The Bertz CT molecular complexity index is 404. The van der Waals surface area contributed by atoms with Gasteiger partial charge in [0.2, 0.25) is 0 Å². The first-order valence-corrected chi connectivity index (χ1v) is 8.04. The van der Waals surface area contributed by atoms with E-state index in [0.29, 0.717) is 5.92 Å². The highest BCUT2D eigenvalue weighted by atomic mass is 32.2. The summed E-state index contributed by atoms with van der Waals surface area (Å²) in [6, 6.07) is 0. The van der Waals surface area contributed by atoms with Crippen LogP contribution in [0.5, 0.6) is 0 Å². The van der Waals surface area contributed by atoms with Crippen LogP contribution in [0.3, 0.4) is 0 Å². The molecule has 0 atom stereocenters. The fourth-order valence-corrected chi connectivity index (χ4v) is 3.02. The van der Waals surface area contributed by atoms with Crippen LogP contribution in [-0.2, 0) is 18.7 Å². The molecule has 0 aromatic carbocycles. The summed E-state index contributed by atoms with van der Waals surface area (Å²) in [5.74, 6) is 3.65. The van der Waals surface area contributed by atoms with E-state index in [2.05, 4.69) is 26.1 Å². The van der Waals surface area contributed by atoms with Crippen LogP contribution in [0.25, 0.3) is 0 Å². The monoisotopic (exact) mass is 265 g/mol. The number of nitrogens with zero attached hydrogens (tertiary/aromatic N) is 2. The van der Waals surface area contributed by atoms with Crippen LogP contribution < -0.4 is 5.32 Å². The fraction of sp³-hybridized carbons (Fsp3) is 0.714. The van der Waals surface area contributed by atoms with Crippen molar-refractivity contribution in [2.75, 3.05) is 12.3 Å². The molecule has 2 heterocycles. The number of rotatable bonds is 5. The van der Waals surface area contributed by atoms with Gasteiger partial charge in [0, 0.05) is 25.1 Å². The zero-order valence-corrected chi connectivity index (χ0v) is 12.4. The summed E-state index contributed by atoms with van der Waals surface area (Å²) in [6.45, 7) is 8.64. The maximum atomic E-state index is 4.79. The Balaban J connectivity index is 2.24. The van der Waals surface area contributed by atoms with Gasteiger partial charge in [-0.2, -0.15) is 11.8 Å². The van der Waals surface area contributed by atoms with Crippen LogP contribution in [-0.4, -0.2) is 22.3 Å². The molecule has 1 aromatic heterocycles. The molecule has 0 fully saturated rings. The third kappa shape index (κ3) is 3.23. The number of fused-ring (bicyclic) bond motifs is 1. The predicted molar refractivity (Wildman–Crippen MR) is 78.0 cm³/mol. The largest absolute Gasteiger partial charge is 0.312 e. The minimum absolute atomic E-state index is 0.483. The number of thioether (sulfide) groups is 1. The topological polar surface area (TPSA) is 37.8 Å². The third-order valence-corrected chi connectivity index (χ3v) is 4.30. The lowest BCUT2D eigenvalue weighted by atomic mass is 9.98. The normalized spacial score (nSPS) is 14.9. The molecule has 0 aliphatic carbocycles. The highest BCUT2D eigenvalue weighted by molar-refractivity contribution is 7.98. The molecule has 4 heteroatoms. The van der Waals surface area contributed by atoms with Crippen LogP contribution in [0.1, 0.15) is 55.9 Å². The first-order valence-electron chi connectivity index (χ1n) is 6.89. The maximum absolute atomic E-state index is 4.79. The van der Waals surface area contributed by atoms with Gasteiger partial charge in [-0.1, -0.05) is 20.8 Å². The van der Waals surface area contributed by atoms with Gasteiger partial charge in [-0.3, -0.25) is 0 Å². The smallest absolute Gasteiger partial charge is 0.138 e. The van der Waals surface area contributed by atoms with Gasteiger partial charge in [0.1, 0.15) is 5.82 Å². The second-order valence-corrected chi connectivity index (χ2v) is 6.19. The second-order valence-electron chi connectivity index (χ2n) is 5.08. The first-order chi connectivity index (χ1) is 8.72. The Morgan fingerprint density at radius 3 is 2.89 bits per heavy atom. The van der Waals surface area contributed by atoms with Gasteiger partial charge in [-0.15, -0.1) is 0 Å². The molecular formula is C14H23N3S. The average Bonchev–Trinajstić information content (AvgIpc) is 2.38. The molecule has 18 heavy (non-hydrogen) atoms. The van der Waals surface area contributed by atoms with Crippen LogP contribution in [0.15, 0.2) is 0 Å². The van der Waals surface area contributed by atoms with E-state index in [1.807, 2.05) is 11.8 Å². The van der Waals surface area contributed by atoms with Gasteiger partial charge >= 0.3 is 0 Å². The van der Waals surface area contributed by atoms with Crippen molar-refractivity contribution in [2.45, 2.75) is 51.8 Å². The summed E-state index contributed by atoms with van der Waals surface area (Å²) < 4.78 is 0. The van der Waals surface area contributed by atoms with Gasteiger partial charge in [0.05, 0.1) is 17.1 Å². The molecule has 0 unspecified atom stereocenters. The number of hydrogen-bond donors (Lipinski definition) is 1. The first kappa shape index (κ1) is 13.8. The molecule has 0 radical (unpaired) electrons. The lowest BCUT2D eigenvalue weighted by Crippen LogP contribution is -2.27. The minimum Gasteiger partial charge on any atom is -0.312 e. The van der Waals surface area contributed by atoms with Crippen molar-refractivity contribution in [2.24, 2.45) is 0 Å². The maximum Gasteiger partial charge on any atom is 0.138 e. The Hall–Kier alpha value is -0.610. The van der Waals surface area contributed by atoms with E-state index in [0.717, 1.165) is 31.1 Å². The van der Waals surface area contributed by atoms with Gasteiger partial charge in [0.25, 0.3) is 0 Å². The molecule has 1 aliphatic heterocycles. The van der Waals surface area contributed by atoms with Gasteiger partial charge < -0.3 is 5.32 Å². The van der Waals surface area contributed by atoms with Crippen molar-refractivity contribution < 1.29 is 0 Å². The third-order valence-electron chi connectivity index (χ3n) is 3.14. The molecule has 0 saturated heterocycles. The summed E-state index contributed by atoms with van der Waals surface area (Å²) in [4.78, 5) is 9.54. The number of nitrogens with one attached hydrogen (secondary N) is 1. The zero-order chi connectivity index (χ0) is 13.0. The molecule has 2 rings (SSSR count). The van der Waals surface area contributed by atoms with Crippen LogP contribution in [0.2, 0.25) is 0 Å². The average molecular weight is 265 g/mol. The lowest BCUT2D eigenvalue weighted by Gasteiger charge is -2.21. The SMILES string of the molecule is CCCSCc1nc2c(c(C(C)C)n1)CNCC2. The Kier molecular flexibility index (Phi) is 5.01. The molecule has 1 aliphatic rings. The summed E-state index contributed by atoms with van der Waals surface area (Å²) in [7, 11) is 0. The summed E-state index contributed by atoms with van der Waals surface area (Å²) in [5, 5.41) is 3.42. The highest BCUT2D eigenvalue weighted by Gasteiger charge is 2.18. The molecule has 100 valence electrons. The van der Waals surface area contributed by atoms with Crippen LogP contribution >= 0.6 is 11.8 Å². The number of hydrogen-bond acceptors (Lipinski definition) is 4. The zero-order valence-electron chi connectivity index (χ0n) is 11.6. The van der Waals surface area contributed by atoms with E-state index in [1.165, 1.54) is 29.1 Å². The Morgan fingerprint density at radius 2 is 2.17 bits per heavy atom. The molecule has 1 aromatic rings. The Morgan fingerprint density at radius 1 is 1.33 bits per heavy atom. The summed E-state index contributed by atoms with van der Waals surface area (Å²) in [6.07, 6.45) is 2.26. The molecule has 0 amide bonds. The van der Waals surface area contributed by atoms with Crippen molar-refractivity contribution in [3.8, 4) is 0 Å². The molecule has 0 bridgehead atoms. The van der Waals surface area contributed by atoms with E-state index in [1.54, 1.807) is 0 Å². The summed E-state index contributed by atoms with van der Waals surface area (Å²) in [5.41, 5.74) is 3.87. The van der Waals surface area contributed by atoms with E-state index < -0.39 is 0 Å². The fourth-order valence-electron chi connectivity index (χ4n) is 2.27. The van der Waals surface area contributed by atoms with Crippen molar-refractivity contribution in [1.82, 2.24) is 15.3 Å². The summed E-state index contributed by atoms with van der Waals surface area (Å²) >= 11 is 1.94. The molecule has 1 N–H and O–H groups in total. The van der Waals surface area contributed by atoms with E-state index >= 15 is 0 Å². The quantitative estimate of drug-likeness (QED) is 0.831. The van der Waals surface area contributed by atoms with Crippen molar-refractivity contribution in [3.05, 3.63) is 22.8 Å². The van der Waals surface area contributed by atoms with Crippen molar-refractivity contribution in [3.63, 3.8) is 0 Å². The highest BCUT2D eigenvalue weighted by Crippen LogP contribution is 2.23. The predicted octanol–water partition coefficient (Wildman–Crippen LogP) is 2.89. The molecule has 0 saturated carbocycles. The van der Waals surface area contributed by atoms with Gasteiger partial charge in [-0.05, 0) is 18.1 Å². The minimum atomic E-state index is 0.483. The standard InChI is InChI=1S/C14H23N3S/c1-4-7-18-9-13-16-12-5-6-15-8-11(12)14(17-13)10(2)3/h10,15H,4-9H2,1-3H3. The lowest BCUT2D eigenvalue weighted by molar-refractivity contribution is 0.603. The van der Waals surface area contributed by atoms with Crippen LogP contribution in [0.4, 0.5) is 0 Å². The van der Waals surface area contributed by atoms with E-state index in [-0.39, 0.29) is 0 Å². The van der Waals surface area contributed by atoms with Crippen molar-refractivity contribution in [1.29, 1.82) is 0 Å². The van der Waals surface area contributed by atoms with E-state index in [4.69, 9.17) is 9.97 Å². The second kappa shape index (κ2) is 6.53. The van der Waals surface area contributed by atoms with Gasteiger partial charge in [-0.25, -0.2) is 9.97 Å². The van der Waals surface area contributed by atoms with Crippen molar-refractivity contribution >= 4 is 11.8 Å². The van der Waals surface area contributed by atoms with Crippen LogP contribution in [0, 0.1) is 0 Å². The number of aromatic nitrogens is 2. The Labute approximate surface area is 114 Å².